The molecule has 4 nitrogen and oxygen atoms in total. The van der Waals surface area contributed by atoms with Crippen LogP contribution >= 0.6 is 0 Å². The first-order chi connectivity index (χ1) is 8.70. The fourth-order valence-electron chi connectivity index (χ4n) is 1.38. The maximum absolute atomic E-state index is 12.2. The summed E-state index contributed by atoms with van der Waals surface area (Å²) in [4.78, 5) is 22.4. The number of Topliss-reactive ketones (excluding diaryl/α,β-unsaturated/α-hetero) is 1. The van der Waals surface area contributed by atoms with Gasteiger partial charge in [0.25, 0.3) is 5.78 Å². The first kappa shape index (κ1) is 15.3. The Kier molecular flexibility index (Phi) is 4.74. The molecule has 7 heteroatoms. The van der Waals surface area contributed by atoms with Gasteiger partial charge in [0.1, 0.15) is 6.54 Å². The molecule has 1 aromatic heterocycles. The highest BCUT2D eigenvalue weighted by Gasteiger charge is 2.39. The van der Waals surface area contributed by atoms with Crippen LogP contribution in [-0.2, 0) is 11.3 Å². The number of amides is 1. The Morgan fingerprint density at radius 2 is 2.00 bits per heavy atom. The second-order valence-electron chi connectivity index (χ2n) is 4.60. The fourth-order valence-corrected chi connectivity index (χ4v) is 1.38. The second kappa shape index (κ2) is 5.90. The van der Waals surface area contributed by atoms with Crippen molar-refractivity contribution in [3.05, 3.63) is 24.0 Å². The van der Waals surface area contributed by atoms with Gasteiger partial charge in [0.15, 0.2) is 0 Å². The molecule has 106 valence electrons. The van der Waals surface area contributed by atoms with Gasteiger partial charge in [-0.15, -0.1) is 0 Å². The molecule has 0 bridgehead atoms. The molecule has 0 spiro atoms. The van der Waals surface area contributed by atoms with Crippen LogP contribution in [0.2, 0.25) is 0 Å². The summed E-state index contributed by atoms with van der Waals surface area (Å²) < 4.78 is 37.8. The van der Waals surface area contributed by atoms with Crippen LogP contribution in [-0.4, -0.2) is 29.0 Å². The number of rotatable bonds is 5. The summed E-state index contributed by atoms with van der Waals surface area (Å²) in [5.74, 6) is -1.93. The molecule has 1 aromatic rings. The average molecular weight is 276 g/mol. The number of hydrogen-bond acceptors (Lipinski definition) is 2. The summed E-state index contributed by atoms with van der Waals surface area (Å²) in [6.07, 6.45) is -2.61. The van der Waals surface area contributed by atoms with Crippen LogP contribution in [0.15, 0.2) is 18.5 Å². The van der Waals surface area contributed by atoms with Gasteiger partial charge in [0, 0.05) is 24.5 Å². The molecule has 0 fully saturated rings. The summed E-state index contributed by atoms with van der Waals surface area (Å²) >= 11 is 0. The summed E-state index contributed by atoms with van der Waals surface area (Å²) in [7, 11) is 0. The van der Waals surface area contributed by atoms with Crippen LogP contribution in [0, 0.1) is 5.92 Å². The number of halogens is 3. The summed E-state index contributed by atoms with van der Waals surface area (Å²) in [6.45, 7) is 4.23. The minimum absolute atomic E-state index is 0.113. The van der Waals surface area contributed by atoms with E-state index >= 15 is 0 Å². The zero-order valence-corrected chi connectivity index (χ0v) is 10.6. The Morgan fingerprint density at radius 3 is 2.53 bits per heavy atom. The quantitative estimate of drug-likeness (QED) is 0.836. The third kappa shape index (κ3) is 4.76. The van der Waals surface area contributed by atoms with Gasteiger partial charge in [-0.3, -0.25) is 9.59 Å². The third-order valence-electron chi connectivity index (χ3n) is 2.30. The number of hydrogen-bond donors (Lipinski definition) is 1. The van der Waals surface area contributed by atoms with E-state index in [1.54, 1.807) is 0 Å². The molecule has 1 N–H and O–H groups in total. The van der Waals surface area contributed by atoms with Crippen molar-refractivity contribution in [2.45, 2.75) is 26.6 Å². The largest absolute Gasteiger partial charge is 0.454 e. The van der Waals surface area contributed by atoms with Gasteiger partial charge >= 0.3 is 6.18 Å². The topological polar surface area (TPSA) is 51.1 Å². The van der Waals surface area contributed by atoms with Gasteiger partial charge in [0.05, 0.1) is 0 Å². The maximum atomic E-state index is 12.2. The average Bonchev–Trinajstić information content (AvgIpc) is 2.72. The zero-order valence-electron chi connectivity index (χ0n) is 10.6. The number of alkyl halides is 3. The van der Waals surface area contributed by atoms with E-state index in [0.29, 0.717) is 6.54 Å². The van der Waals surface area contributed by atoms with Gasteiger partial charge in [-0.05, 0) is 12.0 Å². The van der Waals surface area contributed by atoms with E-state index in [0.717, 1.165) is 12.3 Å². The molecule has 0 atom stereocenters. The lowest BCUT2D eigenvalue weighted by Crippen LogP contribution is -2.30. The van der Waals surface area contributed by atoms with Crippen LogP contribution in [0.4, 0.5) is 13.2 Å². The first-order valence-corrected chi connectivity index (χ1v) is 5.74. The monoisotopic (exact) mass is 276 g/mol. The smallest absolute Gasteiger partial charge is 0.354 e. The molecule has 19 heavy (non-hydrogen) atoms. The van der Waals surface area contributed by atoms with Crippen LogP contribution in [0.3, 0.4) is 0 Å². The van der Waals surface area contributed by atoms with E-state index in [1.165, 1.54) is 10.8 Å². The predicted molar refractivity (Wildman–Crippen MR) is 62.7 cm³/mol. The highest BCUT2D eigenvalue weighted by molar-refractivity contribution is 6.00. The van der Waals surface area contributed by atoms with E-state index in [-0.39, 0.29) is 18.4 Å². The SMILES string of the molecule is CC(C)CNC(=O)Cn1ccc(C(=O)C(F)(F)F)c1. The van der Waals surface area contributed by atoms with E-state index in [2.05, 4.69) is 5.32 Å². The molecule has 0 radical (unpaired) electrons. The van der Waals surface area contributed by atoms with Crippen LogP contribution in [0.25, 0.3) is 0 Å². The predicted octanol–water partition coefficient (Wildman–Crippen LogP) is 2.01. The molecule has 0 saturated heterocycles. The summed E-state index contributed by atoms with van der Waals surface area (Å²) in [6, 6.07) is 1.05. The van der Waals surface area contributed by atoms with E-state index in [9.17, 15) is 22.8 Å². The Bertz CT molecular complexity index is 464. The molecule has 1 amide bonds. The Balaban J connectivity index is 2.61. The zero-order chi connectivity index (χ0) is 14.6. The van der Waals surface area contributed by atoms with E-state index in [4.69, 9.17) is 0 Å². The minimum Gasteiger partial charge on any atom is -0.354 e. The Morgan fingerprint density at radius 1 is 1.37 bits per heavy atom. The number of ketones is 1. The first-order valence-electron chi connectivity index (χ1n) is 5.74. The molecule has 0 saturated carbocycles. The van der Waals surface area contributed by atoms with E-state index < -0.39 is 17.5 Å². The molecule has 0 aliphatic carbocycles. The molecular formula is C12H15F3N2O2. The van der Waals surface area contributed by atoms with Crippen molar-refractivity contribution >= 4 is 11.7 Å². The lowest BCUT2D eigenvalue weighted by atomic mass is 10.2. The van der Waals surface area contributed by atoms with Gasteiger partial charge in [0.2, 0.25) is 5.91 Å². The highest BCUT2D eigenvalue weighted by Crippen LogP contribution is 2.21. The molecule has 0 unspecified atom stereocenters. The molecule has 1 rings (SSSR count). The van der Waals surface area contributed by atoms with Crippen molar-refractivity contribution in [2.75, 3.05) is 6.54 Å². The molecular weight excluding hydrogens is 261 g/mol. The Labute approximate surface area is 108 Å². The maximum Gasteiger partial charge on any atom is 0.454 e. The van der Waals surface area contributed by atoms with Crippen molar-refractivity contribution in [3.63, 3.8) is 0 Å². The lowest BCUT2D eigenvalue weighted by Gasteiger charge is -2.08. The Hall–Kier alpha value is -1.79. The highest BCUT2D eigenvalue weighted by atomic mass is 19.4. The number of aromatic nitrogens is 1. The standard InChI is InChI=1S/C12H15F3N2O2/c1-8(2)5-16-10(18)7-17-4-3-9(6-17)11(19)12(13,14)15/h3-4,6,8H,5,7H2,1-2H3,(H,16,18). The van der Waals surface area contributed by atoms with Crippen molar-refractivity contribution < 1.29 is 22.8 Å². The van der Waals surface area contributed by atoms with Crippen LogP contribution in [0.5, 0.6) is 0 Å². The molecule has 1 heterocycles. The van der Waals surface area contributed by atoms with Gasteiger partial charge in [-0.2, -0.15) is 13.2 Å². The lowest BCUT2D eigenvalue weighted by molar-refractivity contribution is -0.121. The number of carbonyl (C=O) groups is 2. The van der Waals surface area contributed by atoms with Crippen LogP contribution < -0.4 is 5.32 Å². The number of nitrogens with zero attached hydrogens (tertiary/aromatic N) is 1. The second-order valence-corrected chi connectivity index (χ2v) is 4.60. The van der Waals surface area contributed by atoms with Crippen molar-refractivity contribution in [3.8, 4) is 0 Å². The van der Waals surface area contributed by atoms with Crippen LogP contribution in [0.1, 0.15) is 24.2 Å². The minimum atomic E-state index is -4.90. The number of nitrogens with one attached hydrogen (secondary N) is 1. The third-order valence-corrected chi connectivity index (χ3v) is 2.30. The molecule has 0 aromatic carbocycles. The normalized spacial score (nSPS) is 11.7. The summed E-state index contributed by atoms with van der Waals surface area (Å²) in [5, 5.41) is 2.63. The van der Waals surface area contributed by atoms with Crippen molar-refractivity contribution in [1.29, 1.82) is 0 Å². The van der Waals surface area contributed by atoms with Gasteiger partial charge in [-0.1, -0.05) is 13.8 Å². The van der Waals surface area contributed by atoms with Gasteiger partial charge < -0.3 is 9.88 Å². The number of carbonyl (C=O) groups excluding carboxylic acids is 2. The van der Waals surface area contributed by atoms with Gasteiger partial charge in [-0.25, -0.2) is 0 Å². The van der Waals surface area contributed by atoms with Crippen molar-refractivity contribution in [1.82, 2.24) is 9.88 Å². The summed E-state index contributed by atoms with van der Waals surface area (Å²) in [5.41, 5.74) is -0.468. The van der Waals surface area contributed by atoms with E-state index in [1.807, 2.05) is 13.8 Å². The fraction of sp³-hybridized carbons (Fsp3) is 0.500. The van der Waals surface area contributed by atoms with Crippen molar-refractivity contribution in [2.24, 2.45) is 5.92 Å². The molecule has 0 aliphatic heterocycles. The molecule has 0 aliphatic rings.